The van der Waals surface area contributed by atoms with Crippen LogP contribution < -0.4 is 5.32 Å². The highest BCUT2D eigenvalue weighted by atomic mass is 35.5. The second-order valence-electron chi connectivity index (χ2n) is 8.15. The van der Waals surface area contributed by atoms with Crippen LogP contribution in [0.2, 0.25) is 5.02 Å². The predicted octanol–water partition coefficient (Wildman–Crippen LogP) is 6.13. The molecule has 0 saturated carbocycles. The van der Waals surface area contributed by atoms with Gasteiger partial charge in [0.05, 0.1) is 27.9 Å². The molecule has 3 aromatic carbocycles. The van der Waals surface area contributed by atoms with Gasteiger partial charge in [0, 0.05) is 11.1 Å². The van der Waals surface area contributed by atoms with E-state index < -0.39 is 11.9 Å². The van der Waals surface area contributed by atoms with Gasteiger partial charge in [-0.05, 0) is 52.9 Å². The molecular weight excluding hydrogens is 412 g/mol. The minimum atomic E-state index is -1.19. The second-order valence-corrected chi connectivity index (χ2v) is 8.56. The van der Waals surface area contributed by atoms with Crippen molar-refractivity contribution in [3.05, 3.63) is 87.9 Å². The summed E-state index contributed by atoms with van der Waals surface area (Å²) < 4.78 is 0. The molecule has 3 aromatic rings. The lowest BCUT2D eigenvalue weighted by Gasteiger charge is -2.19. The Morgan fingerprint density at radius 3 is 2.13 bits per heavy atom. The molecule has 0 bridgehead atoms. The Kier molecular flexibility index (Phi) is 6.14. The molecule has 0 aliphatic heterocycles. The summed E-state index contributed by atoms with van der Waals surface area (Å²) in [7, 11) is 0. The fourth-order valence-electron chi connectivity index (χ4n) is 3.12. The fraction of sp³-hybridized carbons (Fsp3) is 0.160. The van der Waals surface area contributed by atoms with Gasteiger partial charge in [-0.15, -0.1) is 0 Å². The van der Waals surface area contributed by atoms with Gasteiger partial charge in [-0.2, -0.15) is 5.26 Å². The van der Waals surface area contributed by atoms with E-state index in [0.717, 1.165) is 5.56 Å². The Bertz CT molecular complexity index is 1190. The van der Waals surface area contributed by atoms with Crippen molar-refractivity contribution in [3.63, 3.8) is 0 Å². The van der Waals surface area contributed by atoms with E-state index in [1.807, 2.05) is 18.2 Å². The van der Waals surface area contributed by atoms with E-state index in [1.54, 1.807) is 36.4 Å². The van der Waals surface area contributed by atoms with Crippen molar-refractivity contribution in [2.24, 2.45) is 0 Å². The number of benzene rings is 3. The van der Waals surface area contributed by atoms with E-state index in [1.165, 1.54) is 12.1 Å². The van der Waals surface area contributed by atoms with Gasteiger partial charge in [0.1, 0.15) is 0 Å². The van der Waals surface area contributed by atoms with Crippen molar-refractivity contribution in [3.8, 4) is 17.2 Å². The van der Waals surface area contributed by atoms with E-state index >= 15 is 0 Å². The largest absolute Gasteiger partial charge is 0.478 e. The molecule has 3 rings (SSSR count). The first-order valence-corrected chi connectivity index (χ1v) is 9.97. The van der Waals surface area contributed by atoms with Gasteiger partial charge in [-0.3, -0.25) is 4.79 Å². The van der Waals surface area contributed by atoms with E-state index in [-0.39, 0.29) is 21.7 Å². The summed E-state index contributed by atoms with van der Waals surface area (Å²) >= 11 is 6.41. The number of rotatable bonds is 4. The molecule has 0 saturated heterocycles. The summed E-state index contributed by atoms with van der Waals surface area (Å²) in [4.78, 5) is 24.6. The number of halogens is 1. The maximum atomic E-state index is 12.7. The number of nitrogens with zero attached hydrogens (tertiary/aromatic N) is 1. The molecule has 0 unspecified atom stereocenters. The molecule has 0 aliphatic rings. The fourth-order valence-corrected chi connectivity index (χ4v) is 3.39. The van der Waals surface area contributed by atoms with E-state index in [4.69, 9.17) is 16.9 Å². The second kappa shape index (κ2) is 8.63. The van der Waals surface area contributed by atoms with Gasteiger partial charge in [0.2, 0.25) is 0 Å². The lowest BCUT2D eigenvalue weighted by molar-refractivity contribution is 0.0698. The summed E-state index contributed by atoms with van der Waals surface area (Å²) in [5.74, 6) is -1.62. The van der Waals surface area contributed by atoms with Crippen LogP contribution in [0.1, 0.15) is 52.6 Å². The molecule has 5 nitrogen and oxygen atoms in total. The maximum absolute atomic E-state index is 12.7. The number of carboxylic acids is 1. The van der Waals surface area contributed by atoms with Crippen LogP contribution in [-0.2, 0) is 5.41 Å². The number of aromatic carboxylic acids is 1. The average Bonchev–Trinajstić information content (AvgIpc) is 2.73. The Morgan fingerprint density at radius 1 is 1.00 bits per heavy atom. The summed E-state index contributed by atoms with van der Waals surface area (Å²) in [6, 6.07) is 18.7. The smallest absolute Gasteiger partial charge is 0.337 e. The molecular formula is C25H21ClN2O3. The number of amides is 1. The number of hydrogen-bond acceptors (Lipinski definition) is 3. The summed E-state index contributed by atoms with van der Waals surface area (Å²) in [6.07, 6.45) is 0. The molecule has 0 spiro atoms. The highest BCUT2D eigenvalue weighted by molar-refractivity contribution is 6.34. The first-order chi connectivity index (χ1) is 14.6. The Hall–Kier alpha value is -3.62. The molecule has 6 heteroatoms. The molecule has 31 heavy (non-hydrogen) atoms. The SMILES string of the molecule is CC(C)(C)c1ccc(C(=O)Nc2cc(Cl)c(-c3ccc(C#N)cc3)cc2C(=O)O)cc1. The van der Waals surface area contributed by atoms with Crippen LogP contribution in [0.3, 0.4) is 0 Å². The molecule has 2 N–H and O–H groups in total. The monoisotopic (exact) mass is 432 g/mol. The number of anilines is 1. The normalized spacial score (nSPS) is 10.9. The highest BCUT2D eigenvalue weighted by Crippen LogP contribution is 2.34. The van der Waals surface area contributed by atoms with Crippen LogP contribution in [0, 0.1) is 11.3 Å². The van der Waals surface area contributed by atoms with Crippen molar-refractivity contribution >= 4 is 29.2 Å². The minimum absolute atomic E-state index is 0.0414. The Morgan fingerprint density at radius 2 is 1.61 bits per heavy atom. The van der Waals surface area contributed by atoms with Gasteiger partial charge < -0.3 is 10.4 Å². The van der Waals surface area contributed by atoms with Crippen molar-refractivity contribution in [1.29, 1.82) is 5.26 Å². The Balaban J connectivity index is 1.94. The van der Waals surface area contributed by atoms with Crippen LogP contribution in [0.25, 0.3) is 11.1 Å². The van der Waals surface area contributed by atoms with Crippen LogP contribution in [0.5, 0.6) is 0 Å². The molecule has 1 amide bonds. The summed E-state index contributed by atoms with van der Waals surface area (Å²) in [6.45, 7) is 6.25. The number of nitrogens with one attached hydrogen (secondary N) is 1. The zero-order valence-corrected chi connectivity index (χ0v) is 18.1. The van der Waals surface area contributed by atoms with Crippen molar-refractivity contribution in [2.45, 2.75) is 26.2 Å². The number of hydrogen-bond donors (Lipinski definition) is 2. The van der Waals surface area contributed by atoms with Crippen LogP contribution in [0.15, 0.2) is 60.7 Å². The minimum Gasteiger partial charge on any atom is -0.478 e. The van der Waals surface area contributed by atoms with E-state index in [0.29, 0.717) is 22.3 Å². The number of carbonyl (C=O) groups is 2. The first kappa shape index (κ1) is 22.1. The van der Waals surface area contributed by atoms with E-state index in [9.17, 15) is 14.7 Å². The van der Waals surface area contributed by atoms with Crippen molar-refractivity contribution in [1.82, 2.24) is 0 Å². The topological polar surface area (TPSA) is 90.2 Å². The van der Waals surface area contributed by atoms with Crippen LogP contribution >= 0.6 is 11.6 Å². The molecule has 0 heterocycles. The molecule has 0 atom stereocenters. The molecule has 156 valence electrons. The van der Waals surface area contributed by atoms with Crippen molar-refractivity contribution < 1.29 is 14.7 Å². The molecule has 0 aliphatic carbocycles. The van der Waals surface area contributed by atoms with Crippen molar-refractivity contribution in [2.75, 3.05) is 5.32 Å². The summed E-state index contributed by atoms with van der Waals surface area (Å²) in [5, 5.41) is 21.6. The highest BCUT2D eigenvalue weighted by Gasteiger charge is 2.19. The van der Waals surface area contributed by atoms with Crippen LogP contribution in [-0.4, -0.2) is 17.0 Å². The number of nitriles is 1. The molecule has 0 aromatic heterocycles. The standard InChI is InChI=1S/C25H21ClN2O3/c1-25(2,3)18-10-8-17(9-11-18)23(29)28-22-13-21(26)19(12-20(22)24(30)31)16-6-4-15(14-27)5-7-16/h4-13H,1-3H3,(H,28,29)(H,30,31). The number of carbonyl (C=O) groups excluding carboxylic acids is 1. The van der Waals surface area contributed by atoms with Gasteiger partial charge in [-0.1, -0.05) is 56.6 Å². The molecule has 0 fully saturated rings. The third-order valence-corrected chi connectivity index (χ3v) is 5.24. The van der Waals surface area contributed by atoms with Gasteiger partial charge in [-0.25, -0.2) is 4.79 Å². The Labute approximate surface area is 185 Å². The van der Waals surface area contributed by atoms with Gasteiger partial charge in [0.25, 0.3) is 5.91 Å². The lowest BCUT2D eigenvalue weighted by atomic mass is 9.86. The third kappa shape index (κ3) is 4.93. The lowest BCUT2D eigenvalue weighted by Crippen LogP contribution is -2.16. The maximum Gasteiger partial charge on any atom is 0.337 e. The summed E-state index contributed by atoms with van der Waals surface area (Å²) in [5.41, 5.74) is 3.14. The predicted molar refractivity (Wildman–Crippen MR) is 122 cm³/mol. The van der Waals surface area contributed by atoms with Gasteiger partial charge in [0.15, 0.2) is 0 Å². The van der Waals surface area contributed by atoms with Crippen LogP contribution in [0.4, 0.5) is 5.69 Å². The first-order valence-electron chi connectivity index (χ1n) is 9.59. The third-order valence-electron chi connectivity index (χ3n) is 4.92. The van der Waals surface area contributed by atoms with Gasteiger partial charge >= 0.3 is 5.97 Å². The molecule has 0 radical (unpaired) electrons. The zero-order chi connectivity index (χ0) is 22.8. The van der Waals surface area contributed by atoms with E-state index in [2.05, 4.69) is 26.1 Å². The number of carboxylic acid groups (broad SMARTS) is 1. The average molecular weight is 433 g/mol. The zero-order valence-electron chi connectivity index (χ0n) is 17.4. The quantitative estimate of drug-likeness (QED) is 0.519.